The minimum Gasteiger partial charge on any atom is -0.310 e. The topological polar surface area (TPSA) is 58.2 Å². The molecule has 0 bridgehead atoms. The molecule has 0 saturated heterocycles. The molecule has 1 aromatic heterocycles. The van der Waals surface area contributed by atoms with E-state index in [0.29, 0.717) is 17.5 Å². The van der Waals surface area contributed by atoms with Crippen LogP contribution >= 0.6 is 11.3 Å². The van der Waals surface area contributed by atoms with E-state index in [1.165, 1.54) is 11.3 Å². The minimum absolute atomic E-state index is 0.0322. The Morgan fingerprint density at radius 1 is 1.30 bits per heavy atom. The highest BCUT2D eigenvalue weighted by Gasteiger charge is 2.24. The summed E-state index contributed by atoms with van der Waals surface area (Å²) in [5.74, 6) is 0. The van der Waals surface area contributed by atoms with Crippen LogP contribution in [-0.4, -0.2) is 20.5 Å². The number of thiophene rings is 1. The van der Waals surface area contributed by atoms with Gasteiger partial charge in [0.05, 0.1) is 0 Å². The number of hydrogen-bond donors (Lipinski definition) is 2. The summed E-state index contributed by atoms with van der Waals surface area (Å²) in [6.07, 6.45) is 1.82. The first-order chi connectivity index (χ1) is 9.27. The first kappa shape index (κ1) is 17.6. The summed E-state index contributed by atoms with van der Waals surface area (Å²) in [5.41, 5.74) is 0.826. The van der Waals surface area contributed by atoms with E-state index in [2.05, 4.69) is 30.8 Å². The Hall–Kier alpha value is -0.430. The summed E-state index contributed by atoms with van der Waals surface area (Å²) in [5, 5.41) is 5.20. The van der Waals surface area contributed by atoms with Crippen molar-refractivity contribution in [3.63, 3.8) is 0 Å². The van der Waals surface area contributed by atoms with E-state index in [9.17, 15) is 8.42 Å². The van der Waals surface area contributed by atoms with Gasteiger partial charge in [0.15, 0.2) is 0 Å². The lowest BCUT2D eigenvalue weighted by Gasteiger charge is -2.15. The van der Waals surface area contributed by atoms with E-state index < -0.39 is 10.0 Å². The Kier molecular flexibility index (Phi) is 6.64. The average Bonchev–Trinajstić information content (AvgIpc) is 2.68. The fourth-order valence-electron chi connectivity index (χ4n) is 2.08. The summed E-state index contributed by atoms with van der Waals surface area (Å²) in [7, 11) is -3.43. The predicted octanol–water partition coefficient (Wildman–Crippen LogP) is 3.02. The third-order valence-corrected chi connectivity index (χ3v) is 6.06. The fraction of sp³-hybridized carbons (Fsp3) is 0.714. The number of aryl methyl sites for hydroxylation is 1. The van der Waals surface area contributed by atoms with E-state index in [1.54, 1.807) is 0 Å². The molecule has 116 valence electrons. The monoisotopic (exact) mass is 318 g/mol. The summed E-state index contributed by atoms with van der Waals surface area (Å²) in [6.45, 7) is 10.5. The summed E-state index contributed by atoms with van der Waals surface area (Å²) >= 11 is 1.50. The molecular weight excluding hydrogens is 292 g/mol. The quantitative estimate of drug-likeness (QED) is 0.774. The highest BCUT2D eigenvalue weighted by molar-refractivity contribution is 7.89. The predicted molar refractivity (Wildman–Crippen MR) is 85.7 cm³/mol. The van der Waals surface area contributed by atoms with Crippen LogP contribution in [0, 0.1) is 6.92 Å². The second kappa shape index (κ2) is 7.54. The van der Waals surface area contributed by atoms with Crippen LogP contribution in [0.25, 0.3) is 0 Å². The first-order valence-corrected chi connectivity index (χ1v) is 9.46. The van der Waals surface area contributed by atoms with Crippen LogP contribution in [0.1, 0.15) is 51.0 Å². The Morgan fingerprint density at radius 2 is 1.95 bits per heavy atom. The van der Waals surface area contributed by atoms with Crippen molar-refractivity contribution in [1.82, 2.24) is 10.0 Å². The molecule has 0 amide bonds. The smallest absolute Gasteiger partial charge is 0.242 e. The molecule has 0 fully saturated rings. The fourth-order valence-corrected chi connectivity index (χ4v) is 5.12. The molecule has 2 N–H and O–H groups in total. The lowest BCUT2D eigenvalue weighted by atomic mass is 10.2. The molecule has 0 aliphatic rings. The van der Waals surface area contributed by atoms with Crippen molar-refractivity contribution in [2.24, 2.45) is 0 Å². The molecule has 0 spiro atoms. The van der Waals surface area contributed by atoms with E-state index in [4.69, 9.17) is 0 Å². The third kappa shape index (κ3) is 4.84. The molecule has 0 aliphatic heterocycles. The van der Waals surface area contributed by atoms with Gasteiger partial charge in [-0.3, -0.25) is 0 Å². The van der Waals surface area contributed by atoms with Crippen molar-refractivity contribution < 1.29 is 8.42 Å². The van der Waals surface area contributed by atoms with Crippen molar-refractivity contribution in [3.05, 3.63) is 15.8 Å². The second-order valence-corrected chi connectivity index (χ2v) is 8.13. The lowest BCUT2D eigenvalue weighted by Crippen LogP contribution is -2.33. The van der Waals surface area contributed by atoms with Gasteiger partial charge in [0.2, 0.25) is 10.0 Å². The Morgan fingerprint density at radius 3 is 2.50 bits per heavy atom. The average molecular weight is 319 g/mol. The maximum absolute atomic E-state index is 12.5. The van der Waals surface area contributed by atoms with Crippen molar-refractivity contribution in [2.45, 2.75) is 71.0 Å². The second-order valence-electron chi connectivity index (χ2n) is 5.52. The molecule has 0 saturated carbocycles. The molecule has 0 aliphatic carbocycles. The van der Waals surface area contributed by atoms with E-state index in [0.717, 1.165) is 23.3 Å². The van der Waals surface area contributed by atoms with Crippen molar-refractivity contribution >= 4 is 21.4 Å². The number of hydrogen-bond acceptors (Lipinski definition) is 4. The molecule has 1 rings (SSSR count). The number of nitrogens with one attached hydrogen (secondary N) is 2. The first-order valence-electron chi connectivity index (χ1n) is 7.10. The van der Waals surface area contributed by atoms with Gasteiger partial charge in [0, 0.05) is 23.5 Å². The van der Waals surface area contributed by atoms with Gasteiger partial charge in [-0.1, -0.05) is 27.2 Å². The zero-order valence-corrected chi connectivity index (χ0v) is 14.6. The lowest BCUT2D eigenvalue weighted by molar-refractivity contribution is 0.540. The van der Waals surface area contributed by atoms with Gasteiger partial charge in [-0.2, -0.15) is 0 Å². The molecule has 0 radical (unpaired) electrons. The van der Waals surface area contributed by atoms with Gasteiger partial charge in [0.1, 0.15) is 4.90 Å². The molecule has 1 aromatic rings. The zero-order valence-electron chi connectivity index (χ0n) is 13.0. The van der Waals surface area contributed by atoms with Crippen molar-refractivity contribution in [1.29, 1.82) is 0 Å². The largest absolute Gasteiger partial charge is 0.310 e. The third-order valence-electron chi connectivity index (χ3n) is 3.01. The van der Waals surface area contributed by atoms with Crippen LogP contribution in [0.5, 0.6) is 0 Å². The van der Waals surface area contributed by atoms with Crippen molar-refractivity contribution in [3.8, 4) is 0 Å². The van der Waals surface area contributed by atoms with Crippen LogP contribution in [0.4, 0.5) is 0 Å². The molecule has 1 unspecified atom stereocenters. The van der Waals surface area contributed by atoms with E-state index in [1.807, 2.05) is 19.2 Å². The van der Waals surface area contributed by atoms with Crippen LogP contribution in [0.15, 0.2) is 10.3 Å². The maximum Gasteiger partial charge on any atom is 0.242 e. The van der Waals surface area contributed by atoms with Crippen molar-refractivity contribution in [2.75, 3.05) is 0 Å². The van der Waals surface area contributed by atoms with Gasteiger partial charge in [0.25, 0.3) is 0 Å². The van der Waals surface area contributed by atoms with Gasteiger partial charge in [-0.15, -0.1) is 11.3 Å². The van der Waals surface area contributed by atoms with Gasteiger partial charge in [-0.05, 0) is 31.2 Å². The summed E-state index contributed by atoms with van der Waals surface area (Å²) in [4.78, 5) is 1.34. The molecule has 0 aromatic carbocycles. The molecule has 4 nitrogen and oxygen atoms in total. The molecule has 1 heterocycles. The maximum atomic E-state index is 12.5. The van der Waals surface area contributed by atoms with Gasteiger partial charge >= 0.3 is 0 Å². The Labute approximate surface area is 127 Å². The Bertz CT molecular complexity index is 521. The SMILES string of the molecule is CCCC(C)NS(=O)(=O)c1c(C)csc1CNC(C)C. The molecular formula is C14H26N2O2S2. The number of rotatable bonds is 8. The zero-order chi connectivity index (χ0) is 15.3. The molecule has 6 heteroatoms. The highest BCUT2D eigenvalue weighted by Crippen LogP contribution is 2.27. The Balaban J connectivity index is 2.96. The summed E-state index contributed by atoms with van der Waals surface area (Å²) in [6, 6.07) is 0.301. The standard InChI is InChI=1S/C14H26N2O2S2/c1-6-7-12(5)16-20(17,18)14-11(4)9-19-13(14)8-15-10(2)3/h9-10,12,15-16H,6-8H2,1-5H3. The van der Waals surface area contributed by atoms with Crippen LogP contribution in [0.2, 0.25) is 0 Å². The molecule has 1 atom stereocenters. The summed E-state index contributed by atoms with van der Waals surface area (Å²) < 4.78 is 27.8. The van der Waals surface area contributed by atoms with Crippen LogP contribution in [0.3, 0.4) is 0 Å². The molecule has 20 heavy (non-hydrogen) atoms. The van der Waals surface area contributed by atoms with Crippen LogP contribution < -0.4 is 10.0 Å². The minimum atomic E-state index is -3.43. The van der Waals surface area contributed by atoms with E-state index >= 15 is 0 Å². The van der Waals surface area contributed by atoms with Crippen LogP contribution in [-0.2, 0) is 16.6 Å². The number of sulfonamides is 1. The normalized spacial score (nSPS) is 13.9. The van der Waals surface area contributed by atoms with Gasteiger partial charge < -0.3 is 5.32 Å². The highest BCUT2D eigenvalue weighted by atomic mass is 32.2. The van der Waals surface area contributed by atoms with E-state index in [-0.39, 0.29) is 6.04 Å². The van der Waals surface area contributed by atoms with Gasteiger partial charge in [-0.25, -0.2) is 13.1 Å².